The van der Waals surface area contributed by atoms with Crippen LogP contribution in [-0.4, -0.2) is 22.2 Å². The lowest BCUT2D eigenvalue weighted by atomic mass is 10.1. The number of benzene rings is 1. The molecule has 1 fully saturated rings. The number of hydrogen-bond acceptors (Lipinski definition) is 2. The maximum atomic E-state index is 9.35. The van der Waals surface area contributed by atoms with Crippen molar-refractivity contribution in [1.29, 1.82) is 0 Å². The van der Waals surface area contributed by atoms with Gasteiger partial charge in [0.05, 0.1) is 6.61 Å². The zero-order chi connectivity index (χ0) is 9.60. The van der Waals surface area contributed by atoms with E-state index < -0.39 is 0 Å². The molecule has 2 heteroatoms. The Morgan fingerprint density at radius 1 is 1.14 bits per heavy atom. The highest BCUT2D eigenvalue weighted by molar-refractivity contribution is 5.31. The smallest absolute Gasteiger partial charge is 0.0615 e. The maximum Gasteiger partial charge on any atom is 0.0615 e. The predicted octanol–water partition coefficient (Wildman–Crippen LogP) is 1.53. The fourth-order valence-corrected chi connectivity index (χ4v) is 2.39. The van der Waals surface area contributed by atoms with Crippen LogP contribution in [0.4, 0.5) is 0 Å². The normalized spacial score (nSPS) is 23.5. The molecule has 0 unspecified atom stereocenters. The van der Waals surface area contributed by atoms with Crippen LogP contribution in [0.5, 0.6) is 0 Å². The molecule has 0 saturated heterocycles. The summed E-state index contributed by atoms with van der Waals surface area (Å²) in [6, 6.07) is 8.59. The first-order valence-corrected chi connectivity index (χ1v) is 5.27. The van der Waals surface area contributed by atoms with E-state index in [4.69, 9.17) is 0 Å². The van der Waals surface area contributed by atoms with Crippen LogP contribution in [-0.2, 0) is 13.1 Å². The molecule has 1 aromatic carbocycles. The van der Waals surface area contributed by atoms with E-state index in [-0.39, 0.29) is 5.54 Å². The van der Waals surface area contributed by atoms with E-state index in [0.29, 0.717) is 6.61 Å². The van der Waals surface area contributed by atoms with Crippen molar-refractivity contribution in [1.82, 2.24) is 4.90 Å². The third kappa shape index (κ3) is 1.11. The van der Waals surface area contributed by atoms with Crippen molar-refractivity contribution in [3.8, 4) is 0 Å². The van der Waals surface area contributed by atoms with Crippen LogP contribution in [0.25, 0.3) is 0 Å². The zero-order valence-corrected chi connectivity index (χ0v) is 8.24. The quantitative estimate of drug-likeness (QED) is 0.762. The SMILES string of the molecule is OCC1(N2Cc3ccccc3C2)CC1. The van der Waals surface area contributed by atoms with E-state index in [1.807, 2.05) is 0 Å². The van der Waals surface area contributed by atoms with E-state index in [1.54, 1.807) is 0 Å². The summed E-state index contributed by atoms with van der Waals surface area (Å²) in [5.74, 6) is 0. The summed E-state index contributed by atoms with van der Waals surface area (Å²) in [7, 11) is 0. The van der Waals surface area contributed by atoms with Crippen molar-refractivity contribution < 1.29 is 5.11 Å². The fourth-order valence-electron chi connectivity index (χ4n) is 2.39. The lowest BCUT2D eigenvalue weighted by Gasteiger charge is -2.24. The molecule has 1 aliphatic carbocycles. The molecule has 1 saturated carbocycles. The first-order chi connectivity index (χ1) is 6.84. The molecule has 14 heavy (non-hydrogen) atoms. The van der Waals surface area contributed by atoms with Crippen LogP contribution in [0.3, 0.4) is 0 Å². The highest BCUT2D eigenvalue weighted by Gasteiger charge is 2.48. The molecule has 1 aliphatic heterocycles. The lowest BCUT2D eigenvalue weighted by molar-refractivity contribution is 0.103. The zero-order valence-electron chi connectivity index (χ0n) is 8.24. The highest BCUT2D eigenvalue weighted by atomic mass is 16.3. The summed E-state index contributed by atoms with van der Waals surface area (Å²) in [6.07, 6.45) is 2.33. The molecule has 0 aromatic heterocycles. The van der Waals surface area contributed by atoms with E-state index >= 15 is 0 Å². The largest absolute Gasteiger partial charge is 0.394 e. The van der Waals surface area contributed by atoms with Gasteiger partial charge in [0.15, 0.2) is 0 Å². The highest BCUT2D eigenvalue weighted by Crippen LogP contribution is 2.45. The van der Waals surface area contributed by atoms with Gasteiger partial charge in [0, 0.05) is 18.6 Å². The Morgan fingerprint density at radius 3 is 2.14 bits per heavy atom. The molecule has 1 aromatic rings. The van der Waals surface area contributed by atoms with Gasteiger partial charge in [0.2, 0.25) is 0 Å². The first kappa shape index (κ1) is 8.45. The molecule has 2 aliphatic rings. The van der Waals surface area contributed by atoms with Gasteiger partial charge < -0.3 is 5.11 Å². The standard InChI is InChI=1S/C12H15NO/c14-9-12(5-6-12)13-7-10-3-1-2-4-11(10)8-13/h1-4,14H,5-9H2. The van der Waals surface area contributed by atoms with Crippen molar-refractivity contribution in [2.75, 3.05) is 6.61 Å². The predicted molar refractivity (Wildman–Crippen MR) is 54.7 cm³/mol. The van der Waals surface area contributed by atoms with Crippen molar-refractivity contribution in [3.05, 3.63) is 35.4 Å². The molecule has 0 spiro atoms. The van der Waals surface area contributed by atoms with E-state index in [0.717, 1.165) is 25.9 Å². The van der Waals surface area contributed by atoms with Crippen LogP contribution >= 0.6 is 0 Å². The minimum atomic E-state index is 0.138. The summed E-state index contributed by atoms with van der Waals surface area (Å²) in [4.78, 5) is 2.43. The summed E-state index contributed by atoms with van der Waals surface area (Å²) in [5.41, 5.74) is 3.01. The van der Waals surface area contributed by atoms with Crippen molar-refractivity contribution in [2.45, 2.75) is 31.5 Å². The molecule has 0 amide bonds. The molecular weight excluding hydrogens is 174 g/mol. The summed E-state index contributed by atoms with van der Waals surface area (Å²) in [6.45, 7) is 2.37. The van der Waals surface area contributed by atoms with Crippen molar-refractivity contribution in [2.24, 2.45) is 0 Å². The Kier molecular flexibility index (Phi) is 1.70. The third-order valence-electron chi connectivity index (χ3n) is 3.63. The van der Waals surface area contributed by atoms with Crippen LogP contribution in [0.2, 0.25) is 0 Å². The van der Waals surface area contributed by atoms with Gasteiger partial charge in [-0.25, -0.2) is 0 Å². The van der Waals surface area contributed by atoms with Crippen LogP contribution in [0.1, 0.15) is 24.0 Å². The fraction of sp³-hybridized carbons (Fsp3) is 0.500. The second kappa shape index (κ2) is 2.81. The Morgan fingerprint density at radius 2 is 1.71 bits per heavy atom. The van der Waals surface area contributed by atoms with E-state index in [2.05, 4.69) is 29.2 Å². The van der Waals surface area contributed by atoms with Crippen LogP contribution in [0, 0.1) is 0 Å². The van der Waals surface area contributed by atoms with Gasteiger partial charge in [-0.3, -0.25) is 4.90 Å². The Hall–Kier alpha value is -0.860. The Bertz CT molecular complexity index is 332. The second-order valence-corrected chi connectivity index (χ2v) is 4.51. The van der Waals surface area contributed by atoms with Gasteiger partial charge in [-0.1, -0.05) is 24.3 Å². The Labute approximate surface area is 84.2 Å². The molecule has 1 N–H and O–H groups in total. The number of nitrogens with zero attached hydrogens (tertiary/aromatic N) is 1. The maximum absolute atomic E-state index is 9.35. The second-order valence-electron chi connectivity index (χ2n) is 4.51. The monoisotopic (exact) mass is 189 g/mol. The molecular formula is C12H15NO. The summed E-state index contributed by atoms with van der Waals surface area (Å²) >= 11 is 0. The number of aliphatic hydroxyl groups is 1. The lowest BCUT2D eigenvalue weighted by Crippen LogP contribution is -2.35. The average Bonchev–Trinajstić information content (AvgIpc) is 2.91. The van der Waals surface area contributed by atoms with Crippen LogP contribution < -0.4 is 0 Å². The topological polar surface area (TPSA) is 23.5 Å². The number of hydrogen-bond donors (Lipinski definition) is 1. The third-order valence-corrected chi connectivity index (χ3v) is 3.63. The number of aliphatic hydroxyl groups excluding tert-OH is 1. The molecule has 0 bridgehead atoms. The van der Waals surface area contributed by atoms with Gasteiger partial charge in [-0.15, -0.1) is 0 Å². The van der Waals surface area contributed by atoms with Gasteiger partial charge >= 0.3 is 0 Å². The molecule has 74 valence electrons. The van der Waals surface area contributed by atoms with Gasteiger partial charge in [0.25, 0.3) is 0 Å². The molecule has 0 radical (unpaired) electrons. The van der Waals surface area contributed by atoms with Crippen molar-refractivity contribution >= 4 is 0 Å². The molecule has 1 heterocycles. The summed E-state index contributed by atoms with van der Waals surface area (Å²) < 4.78 is 0. The number of rotatable bonds is 2. The summed E-state index contributed by atoms with van der Waals surface area (Å²) in [5, 5.41) is 9.35. The molecule has 3 rings (SSSR count). The van der Waals surface area contributed by atoms with Crippen molar-refractivity contribution in [3.63, 3.8) is 0 Å². The first-order valence-electron chi connectivity index (χ1n) is 5.27. The number of fused-ring (bicyclic) bond motifs is 1. The van der Waals surface area contributed by atoms with Gasteiger partial charge in [0.1, 0.15) is 0 Å². The van der Waals surface area contributed by atoms with E-state index in [1.165, 1.54) is 11.1 Å². The van der Waals surface area contributed by atoms with Gasteiger partial charge in [-0.2, -0.15) is 0 Å². The average molecular weight is 189 g/mol. The molecule has 0 atom stereocenters. The Balaban J connectivity index is 1.85. The molecule has 2 nitrogen and oxygen atoms in total. The van der Waals surface area contributed by atoms with E-state index in [9.17, 15) is 5.11 Å². The van der Waals surface area contributed by atoms with Gasteiger partial charge in [-0.05, 0) is 24.0 Å². The van der Waals surface area contributed by atoms with Crippen LogP contribution in [0.15, 0.2) is 24.3 Å². The minimum absolute atomic E-state index is 0.138. The minimum Gasteiger partial charge on any atom is -0.394 e.